The van der Waals surface area contributed by atoms with Crippen molar-refractivity contribution in [2.75, 3.05) is 26.4 Å². The fourth-order valence-corrected chi connectivity index (χ4v) is 1.48. The van der Waals surface area contributed by atoms with E-state index in [0.717, 1.165) is 12.1 Å². The van der Waals surface area contributed by atoms with Gasteiger partial charge in [-0.25, -0.2) is 4.98 Å². The van der Waals surface area contributed by atoms with E-state index in [1.165, 1.54) is 0 Å². The minimum absolute atomic E-state index is 0.0954. The Morgan fingerprint density at radius 2 is 2.05 bits per heavy atom. The number of carbonyl (C=O) groups excluding carboxylic acids is 1. The Morgan fingerprint density at radius 3 is 2.58 bits per heavy atom. The normalized spacial score (nSPS) is 11.7. The Kier molecular flexibility index (Phi) is 4.89. The predicted octanol–water partition coefficient (Wildman–Crippen LogP) is 1.30. The maximum atomic E-state index is 12.1. The van der Waals surface area contributed by atoms with Crippen LogP contribution in [0.5, 0.6) is 0 Å². The van der Waals surface area contributed by atoms with Crippen molar-refractivity contribution in [2.45, 2.75) is 32.7 Å². The van der Waals surface area contributed by atoms with Gasteiger partial charge in [0.15, 0.2) is 0 Å². The van der Waals surface area contributed by atoms with E-state index in [0.29, 0.717) is 17.9 Å². The molecule has 0 spiro atoms. The van der Waals surface area contributed by atoms with Gasteiger partial charge >= 0.3 is 0 Å². The van der Waals surface area contributed by atoms with Crippen molar-refractivity contribution in [1.29, 1.82) is 0 Å². The average Bonchev–Trinajstić information content (AvgIpc) is 2.34. The summed E-state index contributed by atoms with van der Waals surface area (Å²) in [5.41, 5.74) is 7.01. The number of likely N-dealkylation sites (N-methyl/N-ethyl adjacent to an activating group) is 1. The summed E-state index contributed by atoms with van der Waals surface area (Å²) in [7, 11) is 3.98. The molecule has 0 aliphatic rings. The molecule has 1 aromatic heterocycles. The predicted molar refractivity (Wildman–Crippen MR) is 78.1 cm³/mol. The summed E-state index contributed by atoms with van der Waals surface area (Å²) in [4.78, 5) is 18.4. The lowest BCUT2D eigenvalue weighted by atomic mass is 10.0. The van der Waals surface area contributed by atoms with Crippen LogP contribution in [0.3, 0.4) is 0 Å². The van der Waals surface area contributed by atoms with E-state index in [1.807, 2.05) is 21.0 Å². The van der Waals surface area contributed by atoms with Gasteiger partial charge in [-0.15, -0.1) is 0 Å². The van der Waals surface area contributed by atoms with Gasteiger partial charge in [-0.3, -0.25) is 4.79 Å². The summed E-state index contributed by atoms with van der Waals surface area (Å²) in [6.07, 6.45) is 0.758. The van der Waals surface area contributed by atoms with Gasteiger partial charge in [0.1, 0.15) is 5.82 Å². The molecule has 1 heterocycles. The molecule has 5 heteroatoms. The highest BCUT2D eigenvalue weighted by Crippen LogP contribution is 2.11. The van der Waals surface area contributed by atoms with Gasteiger partial charge in [0.2, 0.25) is 0 Å². The van der Waals surface area contributed by atoms with Crippen LogP contribution in [-0.2, 0) is 6.42 Å². The van der Waals surface area contributed by atoms with Gasteiger partial charge in [0.25, 0.3) is 5.91 Å². The topological polar surface area (TPSA) is 71.2 Å². The molecule has 1 aromatic rings. The van der Waals surface area contributed by atoms with Gasteiger partial charge in [0, 0.05) is 23.3 Å². The Morgan fingerprint density at radius 1 is 1.42 bits per heavy atom. The van der Waals surface area contributed by atoms with E-state index in [1.54, 1.807) is 12.1 Å². The largest absolute Gasteiger partial charge is 0.384 e. The first kappa shape index (κ1) is 15.4. The maximum Gasteiger partial charge on any atom is 0.251 e. The SMILES string of the molecule is CCc1cc(C(=O)NCC(C)(C)N(C)C)cc(N)n1. The first-order chi connectivity index (χ1) is 8.76. The Hall–Kier alpha value is -1.62. The molecule has 106 valence electrons. The molecule has 0 aliphatic heterocycles. The minimum atomic E-state index is -0.112. The van der Waals surface area contributed by atoms with Crippen LogP contribution in [0.15, 0.2) is 12.1 Å². The second-order valence-corrected chi connectivity index (χ2v) is 5.52. The molecule has 0 aromatic carbocycles. The highest BCUT2D eigenvalue weighted by molar-refractivity contribution is 5.94. The minimum Gasteiger partial charge on any atom is -0.384 e. The molecule has 0 aliphatic carbocycles. The molecule has 0 saturated heterocycles. The molecular formula is C14H24N4O. The zero-order valence-electron chi connectivity index (χ0n) is 12.4. The molecule has 0 bridgehead atoms. The van der Waals surface area contributed by atoms with Crippen LogP contribution in [0.4, 0.5) is 5.82 Å². The number of nitrogens with two attached hydrogens (primary N) is 1. The van der Waals surface area contributed by atoms with Crippen LogP contribution in [0.1, 0.15) is 36.8 Å². The fourth-order valence-electron chi connectivity index (χ4n) is 1.48. The maximum absolute atomic E-state index is 12.1. The fraction of sp³-hybridized carbons (Fsp3) is 0.571. The van der Waals surface area contributed by atoms with Crippen molar-refractivity contribution >= 4 is 11.7 Å². The quantitative estimate of drug-likeness (QED) is 0.841. The van der Waals surface area contributed by atoms with E-state index < -0.39 is 0 Å². The van der Waals surface area contributed by atoms with Crippen molar-refractivity contribution in [3.05, 3.63) is 23.4 Å². The number of aromatic nitrogens is 1. The molecule has 5 nitrogen and oxygen atoms in total. The number of hydrogen-bond acceptors (Lipinski definition) is 4. The monoisotopic (exact) mass is 264 g/mol. The van der Waals surface area contributed by atoms with Gasteiger partial charge in [0.05, 0.1) is 0 Å². The molecule has 0 radical (unpaired) electrons. The Bertz CT molecular complexity index is 455. The molecule has 0 fully saturated rings. The number of nitrogens with one attached hydrogen (secondary N) is 1. The van der Waals surface area contributed by atoms with Crippen LogP contribution >= 0.6 is 0 Å². The third-order valence-electron chi connectivity index (χ3n) is 3.41. The summed E-state index contributed by atoms with van der Waals surface area (Å²) >= 11 is 0. The summed E-state index contributed by atoms with van der Waals surface area (Å²) in [6, 6.07) is 3.39. The van der Waals surface area contributed by atoms with Crippen LogP contribution in [-0.4, -0.2) is 42.0 Å². The molecule has 0 saturated carbocycles. The summed E-state index contributed by atoms with van der Waals surface area (Å²) in [5, 5.41) is 2.94. The number of pyridine rings is 1. The third-order valence-corrected chi connectivity index (χ3v) is 3.41. The van der Waals surface area contributed by atoms with Crippen molar-refractivity contribution in [1.82, 2.24) is 15.2 Å². The van der Waals surface area contributed by atoms with E-state index in [9.17, 15) is 4.79 Å². The molecule has 1 amide bonds. The number of carbonyl (C=O) groups is 1. The number of hydrogen-bond donors (Lipinski definition) is 2. The summed E-state index contributed by atoms with van der Waals surface area (Å²) in [5.74, 6) is 0.273. The molecule has 0 unspecified atom stereocenters. The zero-order chi connectivity index (χ0) is 14.6. The van der Waals surface area contributed by atoms with Crippen molar-refractivity contribution < 1.29 is 4.79 Å². The molecule has 1 rings (SSSR count). The molecule has 19 heavy (non-hydrogen) atoms. The lowest BCUT2D eigenvalue weighted by Crippen LogP contribution is -2.48. The number of aryl methyl sites for hydroxylation is 1. The molecule has 0 atom stereocenters. The third kappa shape index (κ3) is 4.21. The number of nitrogen functional groups attached to an aromatic ring is 1. The summed E-state index contributed by atoms with van der Waals surface area (Å²) < 4.78 is 0. The van der Waals surface area contributed by atoms with E-state index in [2.05, 4.69) is 29.0 Å². The average molecular weight is 264 g/mol. The summed E-state index contributed by atoms with van der Waals surface area (Å²) in [6.45, 7) is 6.71. The molecule has 3 N–H and O–H groups in total. The molecular weight excluding hydrogens is 240 g/mol. The lowest BCUT2D eigenvalue weighted by Gasteiger charge is -2.32. The van der Waals surface area contributed by atoms with Crippen molar-refractivity contribution in [3.63, 3.8) is 0 Å². The van der Waals surface area contributed by atoms with Gasteiger partial charge in [-0.2, -0.15) is 0 Å². The number of anilines is 1. The van der Waals surface area contributed by atoms with Crippen LogP contribution in [0, 0.1) is 0 Å². The smallest absolute Gasteiger partial charge is 0.251 e. The highest BCUT2D eigenvalue weighted by atomic mass is 16.1. The lowest BCUT2D eigenvalue weighted by molar-refractivity contribution is 0.0919. The van der Waals surface area contributed by atoms with E-state index in [4.69, 9.17) is 5.73 Å². The standard InChI is InChI=1S/C14H24N4O/c1-6-11-7-10(8-12(15)17-11)13(19)16-9-14(2,3)18(4)5/h7-8H,6,9H2,1-5H3,(H2,15,17)(H,16,19). The van der Waals surface area contributed by atoms with Gasteiger partial charge in [-0.1, -0.05) is 6.92 Å². The van der Waals surface area contributed by atoms with Crippen molar-refractivity contribution in [3.8, 4) is 0 Å². The zero-order valence-corrected chi connectivity index (χ0v) is 12.4. The van der Waals surface area contributed by atoms with E-state index in [-0.39, 0.29) is 11.4 Å². The van der Waals surface area contributed by atoms with Crippen LogP contribution in [0.25, 0.3) is 0 Å². The second kappa shape index (κ2) is 6.02. The number of nitrogens with zero attached hydrogens (tertiary/aromatic N) is 2. The Balaban J connectivity index is 2.76. The van der Waals surface area contributed by atoms with Gasteiger partial charge in [-0.05, 0) is 46.5 Å². The van der Waals surface area contributed by atoms with Crippen LogP contribution in [0.2, 0.25) is 0 Å². The Labute approximate surface area is 115 Å². The second-order valence-electron chi connectivity index (χ2n) is 5.52. The van der Waals surface area contributed by atoms with Gasteiger partial charge < -0.3 is 16.0 Å². The van der Waals surface area contributed by atoms with Crippen molar-refractivity contribution in [2.24, 2.45) is 0 Å². The van der Waals surface area contributed by atoms with E-state index >= 15 is 0 Å². The number of amides is 1. The highest BCUT2D eigenvalue weighted by Gasteiger charge is 2.21. The first-order valence-corrected chi connectivity index (χ1v) is 6.48. The van der Waals surface area contributed by atoms with Crippen LogP contribution < -0.4 is 11.1 Å². The number of rotatable bonds is 5. The first-order valence-electron chi connectivity index (χ1n) is 6.48.